The van der Waals surface area contributed by atoms with Crippen LogP contribution in [0.1, 0.15) is 106 Å². The molecule has 7 rings (SSSR count). The predicted molar refractivity (Wildman–Crippen MR) is 335 cm³/mol. The van der Waals surface area contributed by atoms with Crippen molar-refractivity contribution in [3.8, 4) is 5.75 Å². The largest absolute Gasteiger partial charge is 0.495 e. The first kappa shape index (κ1) is 72.2. The summed E-state index contributed by atoms with van der Waals surface area (Å²) < 4.78 is 97.6. The molecule has 0 aliphatic carbocycles. The van der Waals surface area contributed by atoms with Gasteiger partial charge in [-0.15, -0.1) is 0 Å². The summed E-state index contributed by atoms with van der Waals surface area (Å²) in [6.07, 6.45) is 2.18. The Balaban J connectivity index is 0.965. The third-order valence-electron chi connectivity index (χ3n) is 16.2. The number of Topliss-reactive ketones (excluding diaryl/α,β-unsaturated/α-hetero) is 1. The Morgan fingerprint density at radius 3 is 2.30 bits per heavy atom. The smallest absolute Gasteiger partial charge is 0.409 e. The zero-order valence-electron chi connectivity index (χ0n) is 52.0. The second-order valence-corrected chi connectivity index (χ2v) is 26.5. The highest BCUT2D eigenvalue weighted by molar-refractivity contribution is 7.86. The van der Waals surface area contributed by atoms with Gasteiger partial charge in [0.05, 0.1) is 54.7 Å². The lowest BCUT2D eigenvalue weighted by atomic mass is 9.83. The zero-order chi connectivity index (χ0) is 68.3. The van der Waals surface area contributed by atoms with Crippen molar-refractivity contribution in [2.24, 2.45) is 16.9 Å². The lowest BCUT2D eigenvalue weighted by Gasteiger charge is -2.42. The van der Waals surface area contributed by atoms with Gasteiger partial charge in [0, 0.05) is 76.7 Å². The van der Waals surface area contributed by atoms with Crippen molar-refractivity contribution in [2.45, 2.75) is 133 Å². The van der Waals surface area contributed by atoms with Crippen LogP contribution in [0.4, 0.5) is 16.2 Å². The van der Waals surface area contributed by atoms with E-state index in [1.807, 2.05) is 13.0 Å². The Morgan fingerprint density at radius 2 is 1.65 bits per heavy atom. The molecule has 7 amide bonds. The van der Waals surface area contributed by atoms with Gasteiger partial charge in [0.2, 0.25) is 17.7 Å². The van der Waals surface area contributed by atoms with Crippen LogP contribution in [0.5, 0.6) is 5.75 Å². The first-order chi connectivity index (χ1) is 43.7. The number of alkyl carbamates (subject to hydrolysis) is 1. The summed E-state index contributed by atoms with van der Waals surface area (Å²) in [6, 6.07) is 12.7. The summed E-state index contributed by atoms with van der Waals surface area (Å²) in [5.41, 5.74) is 1.23. The fraction of sp³-hybridized carbons (Fsp3) is 0.452. The monoisotopic (exact) mass is 1350 g/mol. The van der Waals surface area contributed by atoms with Crippen LogP contribution in [-0.4, -0.2) is 171 Å². The third kappa shape index (κ3) is 19.2. The molecule has 3 aromatic carbocycles. The molecule has 0 saturated carbocycles. The Kier molecular flexibility index (Phi) is 23.8. The number of esters is 1. The number of methoxy groups -OCH3 is 2. The maximum absolute atomic E-state index is 14.4. The molecule has 502 valence electrons. The first-order valence-corrected chi connectivity index (χ1v) is 32.9. The number of hydrazone groups is 1. The van der Waals surface area contributed by atoms with E-state index in [9.17, 15) is 74.2 Å². The molecule has 7 N–H and O–H groups in total. The minimum Gasteiger partial charge on any atom is -0.495 e. The van der Waals surface area contributed by atoms with E-state index in [2.05, 4.69) is 26.5 Å². The van der Waals surface area contributed by atoms with Gasteiger partial charge < -0.3 is 44.3 Å². The van der Waals surface area contributed by atoms with Gasteiger partial charge in [0.15, 0.2) is 5.72 Å². The number of epoxide rings is 1. The number of nitrogens with one attached hydrogen (secondary N) is 4. The third-order valence-corrected chi connectivity index (χ3v) is 18.3. The van der Waals surface area contributed by atoms with Gasteiger partial charge >= 0.3 is 12.1 Å². The number of hydrogen-bond donors (Lipinski definition) is 7. The van der Waals surface area contributed by atoms with E-state index in [1.54, 1.807) is 62.4 Å². The maximum Gasteiger partial charge on any atom is 0.409 e. The number of ether oxygens (including phenoxy) is 5. The molecule has 2 fully saturated rings. The van der Waals surface area contributed by atoms with Crippen LogP contribution < -0.4 is 31.0 Å². The number of unbranched alkanes of at least 4 members (excludes halogenated alkanes) is 2. The minimum atomic E-state index is -5.13. The number of imide groups is 1. The molecular weight excluding hydrogens is 1280 g/mol. The highest BCUT2D eigenvalue weighted by Crippen LogP contribution is 2.49. The summed E-state index contributed by atoms with van der Waals surface area (Å²) in [7, 11) is -5.51. The van der Waals surface area contributed by atoms with Gasteiger partial charge in [0.1, 0.15) is 45.4 Å². The fourth-order valence-corrected chi connectivity index (χ4v) is 12.8. The zero-order valence-corrected chi connectivity index (χ0v) is 54.4. The molecule has 4 aliphatic rings. The van der Waals surface area contributed by atoms with Gasteiger partial charge in [0.25, 0.3) is 38.0 Å². The Labute approximate surface area is 541 Å². The molecule has 2 saturated heterocycles. The summed E-state index contributed by atoms with van der Waals surface area (Å²) in [5.74, 6) is -8.46. The number of anilines is 2. The van der Waals surface area contributed by atoms with Gasteiger partial charge in [-0.3, -0.25) is 57.7 Å². The van der Waals surface area contributed by atoms with Gasteiger partial charge in [-0.1, -0.05) is 73.0 Å². The SMILES string of the molecule is COc1cc2cc(c1Cl)N(C)C(=O)C[C@H](OC(=O)Cc1ccc(/C(C)=N/NC(=O)c3ccc(NC(=O)CCNC(=O)[C@@H](CC(=O)CCCCCN4C(=O)C=CC4=O)CS(=O)(=O)O)cc3S(=O)(=O)O)cc1)[C@]1(C)O[C@H]1[C@H](C)[C@@H]1C[C@@](O)(NC(=O)O1)[C@H](OC)/C=C/C=C(\C)C2. The molecule has 4 aliphatic heterocycles. The number of aliphatic hydroxyl groups is 1. The summed E-state index contributed by atoms with van der Waals surface area (Å²) in [4.78, 5) is 118. The van der Waals surface area contributed by atoms with Crippen molar-refractivity contribution in [3.63, 3.8) is 0 Å². The van der Waals surface area contributed by atoms with E-state index < -0.39 is 163 Å². The van der Waals surface area contributed by atoms with E-state index in [0.29, 0.717) is 48.2 Å². The number of rotatable bonds is 24. The number of benzene rings is 3. The number of carbonyl (C=O) groups excluding carboxylic acids is 9. The molecular formula is C62H74ClN7O21S2. The Hall–Kier alpha value is -8.23. The van der Waals surface area contributed by atoms with E-state index >= 15 is 0 Å². The maximum atomic E-state index is 14.4. The van der Waals surface area contributed by atoms with Crippen molar-refractivity contribution < 1.29 is 97.9 Å². The van der Waals surface area contributed by atoms with E-state index in [0.717, 1.165) is 46.4 Å². The van der Waals surface area contributed by atoms with Crippen LogP contribution in [0, 0.1) is 11.8 Å². The molecule has 28 nitrogen and oxygen atoms in total. The molecule has 0 radical (unpaired) electrons. The number of nitrogens with zero attached hydrogens (tertiary/aromatic N) is 3. The molecule has 4 heterocycles. The van der Waals surface area contributed by atoms with E-state index in [4.69, 9.17) is 35.3 Å². The van der Waals surface area contributed by atoms with Crippen molar-refractivity contribution in [1.82, 2.24) is 21.0 Å². The van der Waals surface area contributed by atoms with Crippen LogP contribution in [0.15, 0.2) is 101 Å². The van der Waals surface area contributed by atoms with Gasteiger partial charge in [-0.25, -0.2) is 10.2 Å². The van der Waals surface area contributed by atoms with Crippen molar-refractivity contribution >= 4 is 102 Å². The quantitative estimate of drug-likeness (QED) is 0.0121. The fourth-order valence-electron chi connectivity index (χ4n) is 11.0. The molecule has 4 bridgehead atoms. The van der Waals surface area contributed by atoms with Crippen LogP contribution in [-0.2, 0) is 85.6 Å². The van der Waals surface area contributed by atoms with Crippen molar-refractivity contribution in [1.29, 1.82) is 0 Å². The lowest BCUT2D eigenvalue weighted by molar-refractivity contribution is -0.153. The minimum absolute atomic E-state index is 0.0679. The highest BCUT2D eigenvalue weighted by Gasteiger charge is 2.64. The molecule has 0 spiro atoms. The van der Waals surface area contributed by atoms with Crippen LogP contribution in [0.25, 0.3) is 0 Å². The summed E-state index contributed by atoms with van der Waals surface area (Å²) in [6.45, 7) is 6.54. The second-order valence-electron chi connectivity index (χ2n) is 23.2. The number of carbonyl (C=O) groups is 9. The highest BCUT2D eigenvalue weighted by atomic mass is 35.5. The van der Waals surface area contributed by atoms with Crippen LogP contribution >= 0.6 is 11.6 Å². The normalized spacial score (nSPS) is 23.9. The summed E-state index contributed by atoms with van der Waals surface area (Å²) >= 11 is 6.82. The molecule has 8 atom stereocenters. The number of halogens is 1. The lowest BCUT2D eigenvalue weighted by Crippen LogP contribution is -2.63. The van der Waals surface area contributed by atoms with Gasteiger partial charge in [-0.2, -0.15) is 21.9 Å². The Morgan fingerprint density at radius 1 is 0.946 bits per heavy atom. The molecule has 0 aromatic heterocycles. The first-order valence-electron chi connectivity index (χ1n) is 29.4. The number of ketones is 1. The number of amides is 7. The van der Waals surface area contributed by atoms with Crippen molar-refractivity contribution in [3.05, 3.63) is 118 Å². The van der Waals surface area contributed by atoms with Gasteiger partial charge in [-0.05, 0) is 87.1 Å². The van der Waals surface area contributed by atoms with E-state index in [1.165, 1.54) is 33.1 Å². The second kappa shape index (κ2) is 30.7. The Bertz CT molecular complexity index is 3770. The average molecular weight is 1350 g/mol. The van der Waals surface area contributed by atoms with E-state index in [-0.39, 0.29) is 42.2 Å². The predicted octanol–water partition coefficient (Wildman–Crippen LogP) is 4.70. The average Bonchev–Trinajstić information content (AvgIpc) is 1.58. The topological polar surface area (TPSA) is 399 Å². The van der Waals surface area contributed by atoms with Crippen molar-refractivity contribution in [2.75, 3.05) is 50.3 Å². The molecule has 3 aromatic rings. The number of fused-ring (bicyclic) bond motifs is 5. The summed E-state index contributed by atoms with van der Waals surface area (Å²) in [5, 5.41) is 23.3. The molecule has 0 unspecified atom stereocenters. The number of allylic oxidation sites excluding steroid dienone is 3. The standard InChI is InChI=1S/C62H74ClN7O21S2/c1-35-12-11-14-49(88-7)62(80)33-47(89-60(79)66-62)36(2)57-61(4,91-57)50(32-54(75)69(5)45-27-39(26-35)28-46(87-6)56(45)63)90-55(76)29-38-15-17-40(18-16-38)37(3)67-68-59(78)44-20-19-42(31-48(44)93(84,85)86)65-51(72)23-24-64-58(77)41(34-92(81,82)83)30-43(71)13-9-8-10-25-70-52(73)21-22-53(70)74/h11-12,14-22,27-28,31,36,41,47,49-50,57,80H,8-10,13,23-26,29-30,32-34H2,1-7H3,(H,64,77)(H,65,72)(H,66,79)(H,68,78)(H,81,82,83)(H,84,85,86)/b14-11+,35-12+,67-37+/t36-,41+,47+,49-,50+,57+,61+,62+/m1/s1. The number of hydrogen-bond acceptors (Lipinski definition) is 20. The molecule has 93 heavy (non-hydrogen) atoms. The van der Waals surface area contributed by atoms with Crippen LogP contribution in [0.2, 0.25) is 5.02 Å². The van der Waals surface area contributed by atoms with Crippen LogP contribution in [0.3, 0.4) is 0 Å². The molecule has 31 heteroatoms.